The normalized spacial score (nSPS) is 15.9. The Morgan fingerprint density at radius 3 is 2.73 bits per heavy atom. The van der Waals surface area contributed by atoms with Crippen LogP contribution in [0.25, 0.3) is 0 Å². The average Bonchev–Trinajstić information content (AvgIpc) is 2.87. The van der Waals surface area contributed by atoms with Crippen molar-refractivity contribution in [1.82, 2.24) is 9.47 Å². The lowest BCUT2D eigenvalue weighted by Crippen LogP contribution is -2.30. The van der Waals surface area contributed by atoms with E-state index in [-0.39, 0.29) is 12.5 Å². The summed E-state index contributed by atoms with van der Waals surface area (Å²) < 4.78 is 1.83. The van der Waals surface area contributed by atoms with Gasteiger partial charge in [-0.15, -0.1) is 0 Å². The zero-order chi connectivity index (χ0) is 10.7. The van der Waals surface area contributed by atoms with Crippen molar-refractivity contribution >= 4 is 5.91 Å². The number of hydrogen-bond donors (Lipinski definition) is 1. The molecule has 2 heterocycles. The zero-order valence-electron chi connectivity index (χ0n) is 8.72. The van der Waals surface area contributed by atoms with Gasteiger partial charge in [0.05, 0.1) is 6.61 Å². The number of aliphatic hydroxyl groups is 1. The molecule has 0 spiro atoms. The SMILES string of the molecule is O=C(Cn1ccc(CO)c1)N1CCCC1. The van der Waals surface area contributed by atoms with Gasteiger partial charge in [0.2, 0.25) is 5.91 Å². The molecule has 1 saturated heterocycles. The molecule has 4 heteroatoms. The summed E-state index contributed by atoms with van der Waals surface area (Å²) in [6, 6.07) is 1.83. The first-order valence-corrected chi connectivity index (χ1v) is 5.33. The molecule has 1 aromatic rings. The predicted molar refractivity (Wildman–Crippen MR) is 56.2 cm³/mol. The Labute approximate surface area is 89.1 Å². The highest BCUT2D eigenvalue weighted by molar-refractivity contribution is 5.76. The quantitative estimate of drug-likeness (QED) is 0.790. The number of aromatic nitrogens is 1. The second-order valence-corrected chi connectivity index (χ2v) is 3.94. The van der Waals surface area contributed by atoms with Gasteiger partial charge in [-0.25, -0.2) is 0 Å². The van der Waals surface area contributed by atoms with Crippen molar-refractivity contribution in [3.8, 4) is 0 Å². The van der Waals surface area contributed by atoms with Crippen LogP contribution in [0.4, 0.5) is 0 Å². The van der Waals surface area contributed by atoms with Crippen LogP contribution in [0.15, 0.2) is 18.5 Å². The topological polar surface area (TPSA) is 45.5 Å². The van der Waals surface area contributed by atoms with E-state index in [2.05, 4.69) is 0 Å². The molecular weight excluding hydrogens is 192 g/mol. The highest BCUT2D eigenvalue weighted by Crippen LogP contribution is 2.09. The minimum atomic E-state index is 0.0326. The molecule has 82 valence electrons. The number of nitrogens with zero attached hydrogens (tertiary/aromatic N) is 2. The van der Waals surface area contributed by atoms with Crippen molar-refractivity contribution in [1.29, 1.82) is 0 Å². The lowest BCUT2D eigenvalue weighted by Gasteiger charge is -2.15. The number of aliphatic hydroxyl groups excluding tert-OH is 1. The van der Waals surface area contributed by atoms with Crippen molar-refractivity contribution in [2.75, 3.05) is 13.1 Å². The molecule has 1 aromatic heterocycles. The van der Waals surface area contributed by atoms with Gasteiger partial charge in [-0.2, -0.15) is 0 Å². The Balaban J connectivity index is 1.92. The minimum Gasteiger partial charge on any atom is -0.392 e. The monoisotopic (exact) mass is 208 g/mol. The van der Waals surface area contributed by atoms with Gasteiger partial charge in [-0.1, -0.05) is 0 Å². The van der Waals surface area contributed by atoms with Crippen molar-refractivity contribution in [3.63, 3.8) is 0 Å². The van der Waals surface area contributed by atoms with Gasteiger partial charge in [0.1, 0.15) is 6.54 Å². The standard InChI is InChI=1S/C11H16N2O2/c14-9-10-3-6-12(7-10)8-11(15)13-4-1-2-5-13/h3,6-7,14H,1-2,4-5,8-9H2. The van der Waals surface area contributed by atoms with Gasteiger partial charge in [-0.05, 0) is 24.5 Å². The van der Waals surface area contributed by atoms with Crippen LogP contribution in [0.1, 0.15) is 18.4 Å². The Bertz CT molecular complexity index is 340. The number of carbonyl (C=O) groups excluding carboxylic acids is 1. The fraction of sp³-hybridized carbons (Fsp3) is 0.545. The van der Waals surface area contributed by atoms with Crippen LogP contribution in [-0.2, 0) is 17.9 Å². The summed E-state index contributed by atoms with van der Waals surface area (Å²) in [6.45, 7) is 2.21. The lowest BCUT2D eigenvalue weighted by molar-refractivity contribution is -0.130. The molecule has 0 atom stereocenters. The van der Waals surface area contributed by atoms with E-state index in [1.807, 2.05) is 27.9 Å². The summed E-state index contributed by atoms with van der Waals surface area (Å²) in [7, 11) is 0. The number of rotatable bonds is 3. The molecule has 1 aliphatic rings. The summed E-state index contributed by atoms with van der Waals surface area (Å²) >= 11 is 0. The van der Waals surface area contributed by atoms with E-state index in [1.54, 1.807) is 0 Å². The molecule has 0 aliphatic carbocycles. The third kappa shape index (κ3) is 2.39. The van der Waals surface area contributed by atoms with Crippen LogP contribution < -0.4 is 0 Å². The highest BCUT2D eigenvalue weighted by atomic mass is 16.3. The van der Waals surface area contributed by atoms with E-state index in [9.17, 15) is 4.79 Å². The third-order valence-corrected chi connectivity index (χ3v) is 2.77. The molecule has 0 radical (unpaired) electrons. The maximum atomic E-state index is 11.8. The smallest absolute Gasteiger partial charge is 0.242 e. The van der Waals surface area contributed by atoms with Gasteiger partial charge in [0, 0.05) is 25.5 Å². The second-order valence-electron chi connectivity index (χ2n) is 3.94. The van der Waals surface area contributed by atoms with E-state index in [4.69, 9.17) is 5.11 Å². The fourth-order valence-electron chi connectivity index (χ4n) is 1.91. The van der Waals surface area contributed by atoms with Gasteiger partial charge < -0.3 is 14.6 Å². The van der Waals surface area contributed by atoms with Gasteiger partial charge in [-0.3, -0.25) is 4.79 Å². The molecule has 1 amide bonds. The van der Waals surface area contributed by atoms with Crippen LogP contribution in [0.3, 0.4) is 0 Å². The molecule has 0 bridgehead atoms. The van der Waals surface area contributed by atoms with Crippen molar-refractivity contribution < 1.29 is 9.90 Å². The second kappa shape index (κ2) is 4.49. The molecular formula is C11H16N2O2. The summed E-state index contributed by atoms with van der Waals surface area (Å²) in [4.78, 5) is 13.7. The third-order valence-electron chi connectivity index (χ3n) is 2.77. The molecule has 0 saturated carbocycles. The maximum absolute atomic E-state index is 11.8. The lowest BCUT2D eigenvalue weighted by atomic mass is 10.4. The number of amides is 1. The van der Waals surface area contributed by atoms with Crippen LogP contribution in [0.5, 0.6) is 0 Å². The van der Waals surface area contributed by atoms with Crippen molar-refractivity contribution in [2.24, 2.45) is 0 Å². The van der Waals surface area contributed by atoms with E-state index in [1.165, 1.54) is 0 Å². The molecule has 1 fully saturated rings. The summed E-state index contributed by atoms with van der Waals surface area (Å²) in [5, 5.41) is 8.89. The average molecular weight is 208 g/mol. The molecule has 0 unspecified atom stereocenters. The zero-order valence-corrected chi connectivity index (χ0v) is 8.72. The Morgan fingerprint density at radius 1 is 1.40 bits per heavy atom. The minimum absolute atomic E-state index is 0.0326. The Kier molecular flexibility index (Phi) is 3.06. The van der Waals surface area contributed by atoms with Crippen LogP contribution in [0.2, 0.25) is 0 Å². The molecule has 1 aliphatic heterocycles. The molecule has 4 nitrogen and oxygen atoms in total. The molecule has 2 rings (SSSR count). The molecule has 0 aromatic carbocycles. The first-order chi connectivity index (χ1) is 7.29. The van der Waals surface area contributed by atoms with Crippen molar-refractivity contribution in [2.45, 2.75) is 26.0 Å². The number of carbonyl (C=O) groups is 1. The van der Waals surface area contributed by atoms with Gasteiger partial charge in [0.25, 0.3) is 0 Å². The summed E-state index contributed by atoms with van der Waals surface area (Å²) in [5.74, 6) is 0.174. The van der Waals surface area contributed by atoms with Crippen LogP contribution >= 0.6 is 0 Å². The highest BCUT2D eigenvalue weighted by Gasteiger charge is 2.17. The van der Waals surface area contributed by atoms with Crippen LogP contribution in [-0.4, -0.2) is 33.6 Å². The Morgan fingerprint density at radius 2 is 2.13 bits per heavy atom. The number of hydrogen-bond acceptors (Lipinski definition) is 2. The van der Waals surface area contributed by atoms with E-state index >= 15 is 0 Å². The van der Waals surface area contributed by atoms with Gasteiger partial charge in [0.15, 0.2) is 0 Å². The van der Waals surface area contributed by atoms with Crippen LogP contribution in [0, 0.1) is 0 Å². The van der Waals surface area contributed by atoms with E-state index < -0.39 is 0 Å². The largest absolute Gasteiger partial charge is 0.392 e. The van der Waals surface area contributed by atoms with Gasteiger partial charge >= 0.3 is 0 Å². The first-order valence-electron chi connectivity index (χ1n) is 5.33. The summed E-state index contributed by atoms with van der Waals surface area (Å²) in [6.07, 6.45) is 5.89. The molecule has 1 N–H and O–H groups in total. The fourth-order valence-corrected chi connectivity index (χ4v) is 1.91. The number of likely N-dealkylation sites (tertiary alicyclic amines) is 1. The Hall–Kier alpha value is -1.29. The molecule has 15 heavy (non-hydrogen) atoms. The first kappa shape index (κ1) is 10.2. The predicted octanol–water partition coefficient (Wildman–Crippen LogP) is 0.603. The van der Waals surface area contributed by atoms with E-state index in [0.717, 1.165) is 31.5 Å². The summed E-state index contributed by atoms with van der Waals surface area (Å²) in [5.41, 5.74) is 0.851. The van der Waals surface area contributed by atoms with Crippen molar-refractivity contribution in [3.05, 3.63) is 24.0 Å². The maximum Gasteiger partial charge on any atom is 0.242 e. The van der Waals surface area contributed by atoms with E-state index in [0.29, 0.717) is 6.54 Å².